The van der Waals surface area contributed by atoms with Crippen LogP contribution in [0.3, 0.4) is 0 Å². The van der Waals surface area contributed by atoms with Crippen molar-refractivity contribution in [3.8, 4) is 0 Å². The molecular weight excluding hydrogens is 246 g/mol. The molecule has 2 aliphatic rings. The number of nitrogens with two attached hydrogens (primary N) is 1. The normalized spacial score (nSPS) is 27.4. The summed E-state index contributed by atoms with van der Waals surface area (Å²) in [4.78, 5) is 10.8. The maximum atomic E-state index is 8.60. The Labute approximate surface area is 111 Å². The number of rotatable bonds is 2. The predicted octanol–water partition coefficient (Wildman–Crippen LogP) is 0.329. The van der Waals surface area contributed by atoms with Gasteiger partial charge in [-0.25, -0.2) is 9.97 Å². The van der Waals surface area contributed by atoms with Crippen LogP contribution in [0.5, 0.6) is 0 Å². The highest BCUT2D eigenvalue weighted by molar-refractivity contribution is 5.94. The zero-order valence-corrected chi connectivity index (χ0v) is 10.6. The molecule has 1 aliphatic heterocycles. The van der Waals surface area contributed by atoms with E-state index in [9.17, 15) is 0 Å². The summed E-state index contributed by atoms with van der Waals surface area (Å²) in [6.07, 6.45) is 6.98. The third-order valence-electron chi connectivity index (χ3n) is 3.78. The Morgan fingerprint density at radius 2 is 2.32 bits per heavy atom. The number of hydrogen-bond acceptors (Lipinski definition) is 6. The van der Waals surface area contributed by atoms with E-state index in [4.69, 9.17) is 15.7 Å². The van der Waals surface area contributed by atoms with Crippen molar-refractivity contribution in [1.82, 2.24) is 9.97 Å². The highest BCUT2D eigenvalue weighted by Crippen LogP contribution is 2.31. The molecule has 0 radical (unpaired) electrons. The molecular formula is C12H17N5O2. The molecule has 2 fully saturated rings. The first-order valence-electron chi connectivity index (χ1n) is 6.48. The van der Waals surface area contributed by atoms with Gasteiger partial charge in [0, 0.05) is 6.54 Å². The second-order valence-corrected chi connectivity index (χ2v) is 4.85. The van der Waals surface area contributed by atoms with Gasteiger partial charge in [0.15, 0.2) is 5.84 Å². The Kier molecular flexibility index (Phi) is 3.20. The standard InChI is InChI=1S/C12H17N5O2/c13-12(16-18)8-6-15-11(7-14-8)17-4-5-19-10-3-1-2-9(10)17/h6-7,9-10,18H,1-5H2,(H2,13,16). The predicted molar refractivity (Wildman–Crippen MR) is 69.3 cm³/mol. The van der Waals surface area contributed by atoms with Gasteiger partial charge in [-0.15, -0.1) is 0 Å². The van der Waals surface area contributed by atoms with E-state index in [1.807, 2.05) is 0 Å². The van der Waals surface area contributed by atoms with Gasteiger partial charge in [0.25, 0.3) is 0 Å². The molecule has 0 amide bonds. The van der Waals surface area contributed by atoms with Crippen LogP contribution in [0.15, 0.2) is 17.5 Å². The van der Waals surface area contributed by atoms with Gasteiger partial charge in [0.1, 0.15) is 11.5 Å². The number of anilines is 1. The first-order valence-corrected chi connectivity index (χ1v) is 6.48. The van der Waals surface area contributed by atoms with Gasteiger partial charge in [-0.3, -0.25) is 0 Å². The SMILES string of the molecule is NC(=NO)c1cnc(N2CCOC3CCCC32)cn1. The average Bonchev–Trinajstić information content (AvgIpc) is 2.95. The molecule has 1 aromatic heterocycles. The summed E-state index contributed by atoms with van der Waals surface area (Å²) < 4.78 is 5.77. The van der Waals surface area contributed by atoms with Crippen molar-refractivity contribution in [3.63, 3.8) is 0 Å². The van der Waals surface area contributed by atoms with Crippen molar-refractivity contribution in [2.45, 2.75) is 31.4 Å². The van der Waals surface area contributed by atoms with Gasteiger partial charge in [0.05, 0.1) is 31.1 Å². The Bertz CT molecular complexity index is 476. The first kappa shape index (κ1) is 12.2. The van der Waals surface area contributed by atoms with Crippen LogP contribution < -0.4 is 10.6 Å². The van der Waals surface area contributed by atoms with Crippen LogP contribution in [0, 0.1) is 0 Å². The second kappa shape index (κ2) is 5.00. The summed E-state index contributed by atoms with van der Waals surface area (Å²) in [5, 5.41) is 11.5. The van der Waals surface area contributed by atoms with Crippen LogP contribution in [0.4, 0.5) is 5.82 Å². The molecule has 7 nitrogen and oxygen atoms in total. The topological polar surface area (TPSA) is 96.9 Å². The number of amidine groups is 1. The van der Waals surface area contributed by atoms with E-state index in [1.54, 1.807) is 6.20 Å². The lowest BCUT2D eigenvalue weighted by atomic mass is 10.1. The maximum absolute atomic E-state index is 8.60. The minimum Gasteiger partial charge on any atom is -0.409 e. The Morgan fingerprint density at radius 1 is 1.42 bits per heavy atom. The van der Waals surface area contributed by atoms with Crippen LogP contribution in [0.1, 0.15) is 25.0 Å². The van der Waals surface area contributed by atoms with Gasteiger partial charge in [0.2, 0.25) is 0 Å². The fourth-order valence-corrected chi connectivity index (χ4v) is 2.86. The first-order chi connectivity index (χ1) is 9.29. The van der Waals surface area contributed by atoms with Crippen LogP contribution in [0.25, 0.3) is 0 Å². The summed E-state index contributed by atoms with van der Waals surface area (Å²) in [5.74, 6) is 0.800. The fourth-order valence-electron chi connectivity index (χ4n) is 2.86. The second-order valence-electron chi connectivity index (χ2n) is 4.85. The molecule has 3 N–H and O–H groups in total. The largest absolute Gasteiger partial charge is 0.409 e. The fraction of sp³-hybridized carbons (Fsp3) is 0.583. The molecule has 102 valence electrons. The van der Waals surface area contributed by atoms with Crippen molar-refractivity contribution in [3.05, 3.63) is 18.1 Å². The molecule has 1 aliphatic carbocycles. The summed E-state index contributed by atoms with van der Waals surface area (Å²) in [7, 11) is 0. The third kappa shape index (κ3) is 2.21. The van der Waals surface area contributed by atoms with E-state index in [-0.39, 0.29) is 5.84 Å². The number of oxime groups is 1. The highest BCUT2D eigenvalue weighted by Gasteiger charge is 2.36. The van der Waals surface area contributed by atoms with E-state index >= 15 is 0 Å². The molecule has 2 atom stereocenters. The molecule has 3 rings (SSSR count). The molecule has 7 heteroatoms. The molecule has 2 unspecified atom stereocenters. The number of aromatic nitrogens is 2. The van der Waals surface area contributed by atoms with Crippen LogP contribution in [-0.2, 0) is 4.74 Å². The zero-order chi connectivity index (χ0) is 13.2. The summed E-state index contributed by atoms with van der Waals surface area (Å²) >= 11 is 0. The third-order valence-corrected chi connectivity index (χ3v) is 3.78. The van der Waals surface area contributed by atoms with Crippen LogP contribution in [0.2, 0.25) is 0 Å². The molecule has 1 saturated heterocycles. The lowest BCUT2D eigenvalue weighted by Gasteiger charge is -2.38. The van der Waals surface area contributed by atoms with Crippen molar-refractivity contribution < 1.29 is 9.94 Å². The minimum absolute atomic E-state index is 0.0280. The van der Waals surface area contributed by atoms with Gasteiger partial charge >= 0.3 is 0 Å². The van der Waals surface area contributed by atoms with E-state index < -0.39 is 0 Å². The number of ether oxygens (including phenoxy) is 1. The van der Waals surface area contributed by atoms with Crippen molar-refractivity contribution in [1.29, 1.82) is 0 Å². The molecule has 0 bridgehead atoms. The number of fused-ring (bicyclic) bond motifs is 1. The molecule has 2 heterocycles. The summed E-state index contributed by atoms with van der Waals surface area (Å²) in [6.45, 7) is 1.56. The van der Waals surface area contributed by atoms with Crippen molar-refractivity contribution in [2.75, 3.05) is 18.1 Å². The molecule has 0 aromatic carbocycles. The Hall–Kier alpha value is -1.89. The van der Waals surface area contributed by atoms with Crippen LogP contribution >= 0.6 is 0 Å². The number of hydrogen-bond donors (Lipinski definition) is 2. The van der Waals surface area contributed by atoms with Gasteiger partial charge < -0.3 is 20.6 Å². The number of nitrogens with zero attached hydrogens (tertiary/aromatic N) is 4. The number of morpholine rings is 1. The zero-order valence-electron chi connectivity index (χ0n) is 10.6. The van der Waals surface area contributed by atoms with Crippen molar-refractivity contribution in [2.24, 2.45) is 10.9 Å². The maximum Gasteiger partial charge on any atom is 0.190 e. The molecule has 19 heavy (non-hydrogen) atoms. The van der Waals surface area contributed by atoms with E-state index in [0.717, 1.165) is 31.8 Å². The Balaban J connectivity index is 1.81. The van der Waals surface area contributed by atoms with E-state index in [1.165, 1.54) is 12.6 Å². The van der Waals surface area contributed by atoms with E-state index in [0.29, 0.717) is 17.8 Å². The lowest BCUT2D eigenvalue weighted by Crippen LogP contribution is -2.49. The average molecular weight is 263 g/mol. The summed E-state index contributed by atoms with van der Waals surface area (Å²) in [6, 6.07) is 0.401. The van der Waals surface area contributed by atoms with Crippen LogP contribution in [-0.4, -0.2) is 46.3 Å². The lowest BCUT2D eigenvalue weighted by molar-refractivity contribution is 0.0253. The Morgan fingerprint density at radius 3 is 3.05 bits per heavy atom. The van der Waals surface area contributed by atoms with Gasteiger partial charge in [-0.1, -0.05) is 5.16 Å². The minimum atomic E-state index is -0.0280. The van der Waals surface area contributed by atoms with Gasteiger partial charge in [-0.05, 0) is 19.3 Å². The van der Waals surface area contributed by atoms with Crippen molar-refractivity contribution >= 4 is 11.7 Å². The molecule has 1 aromatic rings. The molecule has 0 spiro atoms. The van der Waals surface area contributed by atoms with Gasteiger partial charge in [-0.2, -0.15) is 0 Å². The molecule has 1 saturated carbocycles. The monoisotopic (exact) mass is 263 g/mol. The highest BCUT2D eigenvalue weighted by atomic mass is 16.5. The smallest absolute Gasteiger partial charge is 0.190 e. The summed E-state index contributed by atoms with van der Waals surface area (Å²) in [5.41, 5.74) is 5.85. The van der Waals surface area contributed by atoms with E-state index in [2.05, 4.69) is 20.0 Å². The quantitative estimate of drug-likeness (QED) is 0.345.